The SMILES string of the molecule is Cc1cc(N(C)CC(F)(F)F)ccc1CNCC(C)C. The van der Waals surface area contributed by atoms with Gasteiger partial charge in [0, 0.05) is 19.3 Å². The minimum absolute atomic E-state index is 0.576. The van der Waals surface area contributed by atoms with Gasteiger partial charge in [-0.25, -0.2) is 0 Å². The van der Waals surface area contributed by atoms with Crippen molar-refractivity contribution < 1.29 is 13.2 Å². The van der Waals surface area contributed by atoms with Crippen LogP contribution in [0.2, 0.25) is 0 Å². The second-order valence-corrected chi connectivity index (χ2v) is 5.61. The normalized spacial score (nSPS) is 12.0. The highest BCUT2D eigenvalue weighted by atomic mass is 19.4. The third-order valence-corrected chi connectivity index (χ3v) is 3.05. The summed E-state index contributed by atoms with van der Waals surface area (Å²) in [4.78, 5) is 1.22. The van der Waals surface area contributed by atoms with Crippen molar-refractivity contribution in [3.05, 3.63) is 29.3 Å². The summed E-state index contributed by atoms with van der Waals surface area (Å²) in [6.45, 7) is 6.93. The van der Waals surface area contributed by atoms with Crippen LogP contribution in [-0.4, -0.2) is 26.3 Å². The molecule has 0 bridgehead atoms. The van der Waals surface area contributed by atoms with Crippen LogP contribution in [0.15, 0.2) is 18.2 Å². The molecule has 0 aliphatic rings. The van der Waals surface area contributed by atoms with E-state index in [2.05, 4.69) is 19.2 Å². The first kappa shape index (κ1) is 16.8. The topological polar surface area (TPSA) is 15.3 Å². The Hall–Kier alpha value is -1.23. The van der Waals surface area contributed by atoms with Gasteiger partial charge in [0.05, 0.1) is 0 Å². The summed E-state index contributed by atoms with van der Waals surface area (Å²) in [6, 6.07) is 5.44. The van der Waals surface area contributed by atoms with Gasteiger partial charge in [0.15, 0.2) is 0 Å². The minimum Gasteiger partial charge on any atom is -0.366 e. The van der Waals surface area contributed by atoms with Crippen molar-refractivity contribution >= 4 is 5.69 Å². The molecular weight excluding hydrogens is 265 g/mol. The Bertz CT molecular complexity index is 428. The molecule has 1 aromatic carbocycles. The molecule has 0 aliphatic heterocycles. The number of nitrogens with zero attached hydrogens (tertiary/aromatic N) is 1. The Morgan fingerprint density at radius 3 is 2.40 bits per heavy atom. The van der Waals surface area contributed by atoms with E-state index >= 15 is 0 Å². The van der Waals surface area contributed by atoms with Gasteiger partial charge < -0.3 is 10.2 Å². The lowest BCUT2D eigenvalue weighted by Gasteiger charge is -2.22. The second-order valence-electron chi connectivity index (χ2n) is 5.61. The summed E-state index contributed by atoms with van der Waals surface area (Å²) in [5, 5.41) is 3.34. The molecule has 0 heterocycles. The molecule has 0 amide bonds. The third-order valence-electron chi connectivity index (χ3n) is 3.05. The highest BCUT2D eigenvalue weighted by molar-refractivity contribution is 5.50. The number of benzene rings is 1. The van der Waals surface area contributed by atoms with Crippen molar-refractivity contribution in [2.24, 2.45) is 5.92 Å². The van der Waals surface area contributed by atoms with E-state index in [0.29, 0.717) is 11.6 Å². The zero-order chi connectivity index (χ0) is 15.3. The predicted molar refractivity (Wildman–Crippen MR) is 77.0 cm³/mol. The van der Waals surface area contributed by atoms with Crippen molar-refractivity contribution in [3.63, 3.8) is 0 Å². The van der Waals surface area contributed by atoms with Crippen molar-refractivity contribution in [1.29, 1.82) is 0 Å². The number of hydrogen-bond acceptors (Lipinski definition) is 2. The van der Waals surface area contributed by atoms with Crippen LogP contribution in [0.3, 0.4) is 0 Å². The first-order valence-electron chi connectivity index (χ1n) is 6.77. The fraction of sp³-hybridized carbons (Fsp3) is 0.600. The number of rotatable bonds is 6. The second kappa shape index (κ2) is 6.97. The van der Waals surface area contributed by atoms with Gasteiger partial charge in [-0.2, -0.15) is 13.2 Å². The molecule has 0 saturated carbocycles. The Morgan fingerprint density at radius 2 is 1.90 bits per heavy atom. The average Bonchev–Trinajstić information content (AvgIpc) is 2.28. The highest BCUT2D eigenvalue weighted by Gasteiger charge is 2.29. The van der Waals surface area contributed by atoms with E-state index < -0.39 is 12.7 Å². The van der Waals surface area contributed by atoms with E-state index in [1.807, 2.05) is 13.0 Å². The molecule has 1 N–H and O–H groups in total. The van der Waals surface area contributed by atoms with Crippen LogP contribution in [0.5, 0.6) is 0 Å². The summed E-state index contributed by atoms with van der Waals surface area (Å²) >= 11 is 0. The van der Waals surface area contributed by atoms with Gasteiger partial charge in [0.2, 0.25) is 0 Å². The molecule has 2 nitrogen and oxygen atoms in total. The third kappa shape index (κ3) is 5.82. The number of anilines is 1. The monoisotopic (exact) mass is 288 g/mol. The van der Waals surface area contributed by atoms with Gasteiger partial charge in [-0.3, -0.25) is 0 Å². The molecule has 0 aromatic heterocycles. The molecule has 1 rings (SSSR count). The summed E-state index contributed by atoms with van der Waals surface area (Å²) in [7, 11) is 1.46. The summed E-state index contributed by atoms with van der Waals surface area (Å²) in [5.41, 5.74) is 2.72. The summed E-state index contributed by atoms with van der Waals surface area (Å²) in [5.74, 6) is 0.576. The number of aryl methyl sites for hydroxylation is 1. The first-order chi connectivity index (χ1) is 9.19. The fourth-order valence-corrected chi connectivity index (χ4v) is 1.97. The van der Waals surface area contributed by atoms with Gasteiger partial charge in [-0.05, 0) is 42.6 Å². The van der Waals surface area contributed by atoms with Crippen molar-refractivity contribution in [3.8, 4) is 0 Å². The van der Waals surface area contributed by atoms with E-state index in [1.165, 1.54) is 11.9 Å². The van der Waals surface area contributed by atoms with E-state index in [9.17, 15) is 13.2 Å². The number of hydrogen-bond donors (Lipinski definition) is 1. The van der Waals surface area contributed by atoms with Crippen molar-refractivity contribution in [2.75, 3.05) is 25.0 Å². The van der Waals surface area contributed by atoms with Gasteiger partial charge in [-0.15, -0.1) is 0 Å². The van der Waals surface area contributed by atoms with Crippen LogP contribution in [-0.2, 0) is 6.54 Å². The average molecular weight is 288 g/mol. The Labute approximate surface area is 119 Å². The largest absolute Gasteiger partial charge is 0.405 e. The standard InChI is InChI=1S/C15H23F3N2/c1-11(2)8-19-9-13-5-6-14(7-12(13)3)20(4)10-15(16,17)18/h5-7,11,19H,8-10H2,1-4H3. The molecule has 0 saturated heterocycles. The smallest absolute Gasteiger partial charge is 0.366 e. The molecule has 0 atom stereocenters. The maximum atomic E-state index is 12.4. The van der Waals surface area contributed by atoms with E-state index in [0.717, 1.165) is 24.2 Å². The van der Waals surface area contributed by atoms with Crippen LogP contribution in [0.1, 0.15) is 25.0 Å². The van der Waals surface area contributed by atoms with E-state index in [-0.39, 0.29) is 0 Å². The maximum Gasteiger partial charge on any atom is 0.405 e. The quantitative estimate of drug-likeness (QED) is 0.858. The van der Waals surface area contributed by atoms with E-state index in [1.54, 1.807) is 12.1 Å². The van der Waals surface area contributed by atoms with Crippen LogP contribution in [0.25, 0.3) is 0 Å². The number of alkyl halides is 3. The lowest BCUT2D eigenvalue weighted by molar-refractivity contribution is -0.119. The van der Waals surface area contributed by atoms with Gasteiger partial charge >= 0.3 is 6.18 Å². The highest BCUT2D eigenvalue weighted by Crippen LogP contribution is 2.23. The van der Waals surface area contributed by atoms with Gasteiger partial charge in [0.1, 0.15) is 6.54 Å². The van der Waals surface area contributed by atoms with Crippen molar-refractivity contribution in [1.82, 2.24) is 5.32 Å². The molecule has 0 spiro atoms. The molecule has 114 valence electrons. The number of nitrogens with one attached hydrogen (secondary N) is 1. The predicted octanol–water partition coefficient (Wildman–Crippen LogP) is 3.74. The molecule has 5 heteroatoms. The zero-order valence-corrected chi connectivity index (χ0v) is 12.5. The Balaban J connectivity index is 2.67. The molecule has 1 aromatic rings. The minimum atomic E-state index is -4.18. The first-order valence-corrected chi connectivity index (χ1v) is 6.77. The molecule has 0 unspecified atom stereocenters. The van der Waals surface area contributed by atoms with Crippen LogP contribution in [0.4, 0.5) is 18.9 Å². The van der Waals surface area contributed by atoms with Crippen LogP contribution in [0, 0.1) is 12.8 Å². The molecular formula is C15H23F3N2. The van der Waals surface area contributed by atoms with E-state index in [4.69, 9.17) is 0 Å². The lowest BCUT2D eigenvalue weighted by Crippen LogP contribution is -2.30. The van der Waals surface area contributed by atoms with Crippen molar-refractivity contribution in [2.45, 2.75) is 33.5 Å². The molecule has 20 heavy (non-hydrogen) atoms. The Morgan fingerprint density at radius 1 is 1.25 bits per heavy atom. The van der Waals surface area contributed by atoms with Crippen LogP contribution >= 0.6 is 0 Å². The Kier molecular flexibility index (Phi) is 5.87. The summed E-state index contributed by atoms with van der Waals surface area (Å²) < 4.78 is 37.1. The van der Waals surface area contributed by atoms with Gasteiger partial charge in [0.25, 0.3) is 0 Å². The number of halogens is 3. The van der Waals surface area contributed by atoms with Crippen LogP contribution < -0.4 is 10.2 Å². The molecule has 0 fully saturated rings. The van der Waals surface area contributed by atoms with Gasteiger partial charge in [-0.1, -0.05) is 19.9 Å². The fourth-order valence-electron chi connectivity index (χ4n) is 1.97. The molecule has 0 aliphatic carbocycles. The zero-order valence-electron chi connectivity index (χ0n) is 12.5. The summed E-state index contributed by atoms with van der Waals surface area (Å²) in [6.07, 6.45) is -4.18. The molecule has 0 radical (unpaired) electrons. The maximum absolute atomic E-state index is 12.4. The lowest BCUT2D eigenvalue weighted by atomic mass is 10.1.